The summed E-state index contributed by atoms with van der Waals surface area (Å²) < 4.78 is 17.7. The Hall–Kier alpha value is -0.870. The van der Waals surface area contributed by atoms with Crippen molar-refractivity contribution >= 4 is 5.97 Å². The van der Waals surface area contributed by atoms with Crippen molar-refractivity contribution in [1.82, 2.24) is 0 Å². The van der Waals surface area contributed by atoms with Crippen LogP contribution in [0.15, 0.2) is 12.2 Å². The Bertz CT molecular complexity index is 492. The first-order valence-electron chi connectivity index (χ1n) is 10.6. The van der Waals surface area contributed by atoms with Gasteiger partial charge in [0.25, 0.3) is 0 Å². The monoisotopic (exact) mass is 364 g/mol. The van der Waals surface area contributed by atoms with Gasteiger partial charge in [0.2, 0.25) is 0 Å². The van der Waals surface area contributed by atoms with Crippen LogP contribution in [0.1, 0.15) is 78.6 Å². The molecule has 3 fully saturated rings. The summed E-state index contributed by atoms with van der Waals surface area (Å²) in [6.07, 6.45) is 14.3. The molecule has 4 nitrogen and oxygen atoms in total. The van der Waals surface area contributed by atoms with Crippen LogP contribution in [-0.2, 0) is 19.0 Å². The van der Waals surface area contributed by atoms with Crippen molar-refractivity contribution in [1.29, 1.82) is 0 Å². The molecule has 0 bridgehead atoms. The van der Waals surface area contributed by atoms with Crippen molar-refractivity contribution in [3.05, 3.63) is 12.2 Å². The minimum absolute atomic E-state index is 0.0234. The lowest BCUT2D eigenvalue weighted by atomic mass is 9.80. The molecule has 1 aliphatic carbocycles. The van der Waals surface area contributed by atoms with Gasteiger partial charge in [-0.2, -0.15) is 0 Å². The van der Waals surface area contributed by atoms with E-state index in [9.17, 15) is 4.79 Å². The molecule has 0 aromatic rings. The van der Waals surface area contributed by atoms with E-state index in [1.807, 2.05) is 0 Å². The molecule has 2 saturated heterocycles. The van der Waals surface area contributed by atoms with Crippen LogP contribution < -0.4 is 0 Å². The van der Waals surface area contributed by atoms with Crippen LogP contribution in [0.4, 0.5) is 0 Å². The highest BCUT2D eigenvalue weighted by atomic mass is 16.7. The molecule has 0 radical (unpaired) electrons. The minimum atomic E-state index is -0.0768. The van der Waals surface area contributed by atoms with Crippen molar-refractivity contribution in [2.45, 2.75) is 97.1 Å². The molecule has 26 heavy (non-hydrogen) atoms. The summed E-state index contributed by atoms with van der Waals surface area (Å²) in [5.74, 6) is 0.778. The standard InChI is InChI=1S/C22H36O4/c1-4-5-13-22(2,3)19(26-21-8-6-7-14-24-21)12-10-16-9-11-18-17(16)15-20(23)25-18/h10,12,16-19,21H,4-9,11,13-15H2,1-3H3/t16-,17-,18+,19+,21?/m0/s1. The maximum absolute atomic E-state index is 11.6. The first kappa shape index (κ1) is 19.9. The predicted molar refractivity (Wildman–Crippen MR) is 102 cm³/mol. The van der Waals surface area contributed by atoms with Crippen molar-refractivity contribution < 1.29 is 19.0 Å². The van der Waals surface area contributed by atoms with Gasteiger partial charge in [-0.05, 0) is 49.9 Å². The highest BCUT2D eigenvalue weighted by Gasteiger charge is 2.44. The summed E-state index contributed by atoms with van der Waals surface area (Å²) in [4.78, 5) is 11.6. The third kappa shape index (κ3) is 4.89. The Kier molecular flexibility index (Phi) is 6.79. The molecular formula is C22H36O4. The summed E-state index contributed by atoms with van der Waals surface area (Å²) in [5.41, 5.74) is 0.0767. The van der Waals surface area contributed by atoms with Crippen LogP contribution in [0, 0.1) is 17.3 Å². The molecule has 3 rings (SSSR count). The number of esters is 1. The van der Waals surface area contributed by atoms with Crippen LogP contribution >= 0.6 is 0 Å². The van der Waals surface area contributed by atoms with Gasteiger partial charge < -0.3 is 14.2 Å². The molecular weight excluding hydrogens is 328 g/mol. The fraction of sp³-hybridized carbons (Fsp3) is 0.864. The van der Waals surface area contributed by atoms with E-state index in [0.717, 1.165) is 38.7 Å². The van der Waals surface area contributed by atoms with Crippen molar-refractivity contribution in [3.8, 4) is 0 Å². The summed E-state index contributed by atoms with van der Waals surface area (Å²) in [6.45, 7) is 7.66. The van der Waals surface area contributed by atoms with E-state index >= 15 is 0 Å². The van der Waals surface area contributed by atoms with Gasteiger partial charge in [0.15, 0.2) is 6.29 Å². The highest BCUT2D eigenvalue weighted by Crippen LogP contribution is 2.42. The maximum Gasteiger partial charge on any atom is 0.306 e. The number of carbonyl (C=O) groups excluding carboxylic acids is 1. The van der Waals surface area contributed by atoms with Gasteiger partial charge >= 0.3 is 5.97 Å². The average molecular weight is 365 g/mol. The SMILES string of the molecule is CCCCC(C)(C)[C@@H](C=C[C@@H]1CC[C@H]2OC(=O)C[C@@H]12)OC1CCCCO1. The summed E-state index contributed by atoms with van der Waals surface area (Å²) >= 11 is 0. The Morgan fingerprint density at radius 3 is 2.85 bits per heavy atom. The van der Waals surface area contributed by atoms with Crippen molar-refractivity contribution in [2.75, 3.05) is 6.61 Å². The molecule has 2 aliphatic heterocycles. The van der Waals surface area contributed by atoms with Crippen LogP contribution in [0.2, 0.25) is 0 Å². The zero-order chi connectivity index (χ0) is 18.6. The molecule has 2 heterocycles. The fourth-order valence-electron chi connectivity index (χ4n) is 4.63. The Balaban J connectivity index is 1.66. The van der Waals surface area contributed by atoms with Crippen LogP contribution in [0.3, 0.4) is 0 Å². The van der Waals surface area contributed by atoms with Gasteiger partial charge in [-0.15, -0.1) is 0 Å². The first-order chi connectivity index (χ1) is 12.5. The van der Waals surface area contributed by atoms with Crippen LogP contribution in [-0.4, -0.2) is 31.1 Å². The molecule has 5 atom stereocenters. The van der Waals surface area contributed by atoms with E-state index in [1.165, 1.54) is 19.3 Å². The summed E-state index contributed by atoms with van der Waals surface area (Å²) in [7, 11) is 0. The van der Waals surface area contributed by atoms with Crippen molar-refractivity contribution in [3.63, 3.8) is 0 Å². The third-order valence-electron chi connectivity index (χ3n) is 6.41. The fourth-order valence-corrected chi connectivity index (χ4v) is 4.63. The topological polar surface area (TPSA) is 44.8 Å². The molecule has 148 valence electrons. The number of ether oxygens (including phenoxy) is 3. The highest BCUT2D eigenvalue weighted by molar-refractivity contribution is 5.72. The number of allylic oxidation sites excluding steroid dienone is 1. The number of unbranched alkanes of at least 4 members (excludes halogenated alkanes) is 1. The van der Waals surface area contributed by atoms with Gasteiger partial charge in [-0.25, -0.2) is 0 Å². The Morgan fingerprint density at radius 2 is 2.12 bits per heavy atom. The van der Waals surface area contributed by atoms with Crippen LogP contribution in [0.5, 0.6) is 0 Å². The molecule has 0 N–H and O–H groups in total. The lowest BCUT2D eigenvalue weighted by Crippen LogP contribution is -2.36. The van der Waals surface area contributed by atoms with Gasteiger partial charge in [0, 0.05) is 12.5 Å². The van der Waals surface area contributed by atoms with Gasteiger partial charge in [0.05, 0.1) is 12.5 Å². The van der Waals surface area contributed by atoms with Crippen molar-refractivity contribution in [2.24, 2.45) is 17.3 Å². The van der Waals surface area contributed by atoms with Gasteiger partial charge in [-0.1, -0.05) is 45.8 Å². The normalized spacial score (nSPS) is 33.4. The van der Waals surface area contributed by atoms with E-state index in [2.05, 4.69) is 32.9 Å². The number of carbonyl (C=O) groups is 1. The van der Waals surface area contributed by atoms with E-state index in [0.29, 0.717) is 18.3 Å². The van der Waals surface area contributed by atoms with Gasteiger partial charge in [-0.3, -0.25) is 4.79 Å². The van der Waals surface area contributed by atoms with Gasteiger partial charge in [0.1, 0.15) is 6.10 Å². The zero-order valence-corrected chi connectivity index (χ0v) is 16.7. The largest absolute Gasteiger partial charge is 0.462 e. The molecule has 0 aromatic carbocycles. The second kappa shape index (κ2) is 8.88. The maximum atomic E-state index is 11.6. The Labute approximate surface area is 158 Å². The molecule has 4 heteroatoms. The smallest absolute Gasteiger partial charge is 0.306 e. The average Bonchev–Trinajstić information content (AvgIpc) is 3.17. The second-order valence-electron chi connectivity index (χ2n) is 8.97. The summed E-state index contributed by atoms with van der Waals surface area (Å²) in [6, 6.07) is 0. The third-order valence-corrected chi connectivity index (χ3v) is 6.41. The first-order valence-corrected chi connectivity index (χ1v) is 10.6. The quantitative estimate of drug-likeness (QED) is 0.448. The molecule has 3 aliphatic rings. The molecule has 0 spiro atoms. The molecule has 0 amide bonds. The zero-order valence-electron chi connectivity index (χ0n) is 16.7. The minimum Gasteiger partial charge on any atom is -0.462 e. The second-order valence-corrected chi connectivity index (χ2v) is 8.97. The molecule has 0 aromatic heterocycles. The summed E-state index contributed by atoms with van der Waals surface area (Å²) in [5, 5.41) is 0. The lowest BCUT2D eigenvalue weighted by Gasteiger charge is -2.36. The number of fused-ring (bicyclic) bond motifs is 1. The molecule has 1 unspecified atom stereocenters. The van der Waals surface area contributed by atoms with E-state index in [-0.39, 0.29) is 29.9 Å². The number of hydrogen-bond donors (Lipinski definition) is 0. The number of hydrogen-bond acceptors (Lipinski definition) is 4. The molecule has 1 saturated carbocycles. The van der Waals surface area contributed by atoms with E-state index in [4.69, 9.17) is 14.2 Å². The van der Waals surface area contributed by atoms with Crippen LogP contribution in [0.25, 0.3) is 0 Å². The number of rotatable bonds is 8. The predicted octanol–water partition coefficient (Wildman–Crippen LogP) is 5.01. The lowest BCUT2D eigenvalue weighted by molar-refractivity contribution is -0.197. The Morgan fingerprint density at radius 1 is 1.27 bits per heavy atom. The van der Waals surface area contributed by atoms with E-state index in [1.54, 1.807) is 0 Å². The van der Waals surface area contributed by atoms with E-state index < -0.39 is 0 Å².